The van der Waals surface area contributed by atoms with Gasteiger partial charge in [-0.15, -0.1) is 11.6 Å². The summed E-state index contributed by atoms with van der Waals surface area (Å²) in [6.45, 7) is 1.22. The second-order valence-corrected chi connectivity index (χ2v) is 4.88. The van der Waals surface area contributed by atoms with Gasteiger partial charge in [0.15, 0.2) is 0 Å². The molecule has 0 aromatic heterocycles. The van der Waals surface area contributed by atoms with Gasteiger partial charge in [-0.2, -0.15) is 0 Å². The third-order valence-corrected chi connectivity index (χ3v) is 3.03. The molecule has 0 spiro atoms. The van der Waals surface area contributed by atoms with E-state index in [1.165, 1.54) is 12.1 Å². The number of halogens is 4. The topological polar surface area (TPSA) is 35.2 Å². The zero-order chi connectivity index (χ0) is 13.1. The van der Waals surface area contributed by atoms with Crippen LogP contribution in [0.3, 0.4) is 0 Å². The lowest BCUT2D eigenvalue weighted by Crippen LogP contribution is -2.10. The minimum atomic E-state index is -2.94. The van der Waals surface area contributed by atoms with E-state index in [1.807, 2.05) is 0 Å². The second-order valence-electron chi connectivity index (χ2n) is 3.65. The molecule has 1 rings (SSSR count). The van der Waals surface area contributed by atoms with Gasteiger partial charge < -0.3 is 10.5 Å². The summed E-state index contributed by atoms with van der Waals surface area (Å²) in [6.07, 6.45) is 0.671. The fraction of sp³-hybridized carbons (Fsp3) is 0.455. The van der Waals surface area contributed by atoms with Crippen LogP contribution < -0.4 is 10.5 Å². The standard InChI is InChI=1S/C11H13BrClF2NO/c1-11(14,15)7-5-9(16)10(6-8(7)12)17-4-2-3-13/h5-6H,2-4,16H2,1H3. The van der Waals surface area contributed by atoms with Gasteiger partial charge in [-0.05, 0) is 18.6 Å². The SMILES string of the molecule is CC(F)(F)c1cc(N)c(OCCCCl)cc1Br. The van der Waals surface area contributed by atoms with Crippen LogP contribution in [0.5, 0.6) is 5.75 Å². The highest BCUT2D eigenvalue weighted by atomic mass is 79.9. The van der Waals surface area contributed by atoms with Crippen LogP contribution in [0.1, 0.15) is 18.9 Å². The number of anilines is 1. The molecule has 0 fully saturated rings. The molecule has 0 aliphatic carbocycles. The van der Waals surface area contributed by atoms with Crippen molar-refractivity contribution in [2.45, 2.75) is 19.3 Å². The predicted octanol–water partition coefficient (Wildman–Crippen LogP) is 4.15. The third-order valence-electron chi connectivity index (χ3n) is 2.11. The van der Waals surface area contributed by atoms with Gasteiger partial charge in [0.2, 0.25) is 0 Å². The Bertz CT molecular complexity index is 396. The average Bonchev–Trinajstić information content (AvgIpc) is 2.21. The number of benzene rings is 1. The van der Waals surface area contributed by atoms with E-state index in [1.54, 1.807) is 0 Å². The Morgan fingerprint density at radius 3 is 2.65 bits per heavy atom. The van der Waals surface area contributed by atoms with Crippen molar-refractivity contribution in [2.24, 2.45) is 0 Å². The summed E-state index contributed by atoms with van der Waals surface area (Å²) in [5.74, 6) is -2.08. The Morgan fingerprint density at radius 2 is 2.12 bits per heavy atom. The summed E-state index contributed by atoms with van der Waals surface area (Å²) in [7, 11) is 0. The first-order valence-electron chi connectivity index (χ1n) is 5.02. The minimum Gasteiger partial charge on any atom is -0.491 e. The summed E-state index contributed by atoms with van der Waals surface area (Å²) in [5, 5.41) is 0. The van der Waals surface area contributed by atoms with Gasteiger partial charge in [0.1, 0.15) is 5.75 Å². The van der Waals surface area contributed by atoms with E-state index in [2.05, 4.69) is 15.9 Å². The maximum absolute atomic E-state index is 13.2. The normalized spacial score (nSPS) is 11.6. The lowest BCUT2D eigenvalue weighted by molar-refractivity contribution is 0.0167. The van der Waals surface area contributed by atoms with E-state index in [9.17, 15) is 8.78 Å². The van der Waals surface area contributed by atoms with Crippen molar-refractivity contribution in [2.75, 3.05) is 18.2 Å². The van der Waals surface area contributed by atoms with Crippen LogP contribution in [-0.4, -0.2) is 12.5 Å². The number of alkyl halides is 3. The quantitative estimate of drug-likeness (QED) is 0.500. The first-order chi connectivity index (χ1) is 7.86. The van der Waals surface area contributed by atoms with Gasteiger partial charge in [-0.1, -0.05) is 15.9 Å². The van der Waals surface area contributed by atoms with E-state index >= 15 is 0 Å². The van der Waals surface area contributed by atoms with Crippen LogP contribution in [0.4, 0.5) is 14.5 Å². The van der Waals surface area contributed by atoms with Crippen LogP contribution in [0.15, 0.2) is 16.6 Å². The largest absolute Gasteiger partial charge is 0.491 e. The Kier molecular flexibility index (Phi) is 5.01. The van der Waals surface area contributed by atoms with E-state index in [0.29, 0.717) is 24.7 Å². The van der Waals surface area contributed by atoms with Crippen molar-refractivity contribution < 1.29 is 13.5 Å². The highest BCUT2D eigenvalue weighted by Gasteiger charge is 2.28. The van der Waals surface area contributed by atoms with Gasteiger partial charge in [0, 0.05) is 22.8 Å². The van der Waals surface area contributed by atoms with Crippen LogP contribution in [0.2, 0.25) is 0 Å². The number of rotatable bonds is 5. The predicted molar refractivity (Wildman–Crippen MR) is 69.0 cm³/mol. The number of hydrogen-bond acceptors (Lipinski definition) is 2. The van der Waals surface area contributed by atoms with Gasteiger partial charge in [0.05, 0.1) is 12.3 Å². The van der Waals surface area contributed by atoms with Crippen LogP contribution in [0, 0.1) is 0 Å². The molecule has 0 radical (unpaired) electrons. The van der Waals surface area contributed by atoms with Gasteiger partial charge in [0.25, 0.3) is 5.92 Å². The van der Waals surface area contributed by atoms with E-state index in [0.717, 1.165) is 6.92 Å². The zero-order valence-corrected chi connectivity index (χ0v) is 11.6. The maximum atomic E-state index is 13.2. The molecule has 0 bridgehead atoms. The van der Waals surface area contributed by atoms with E-state index in [-0.39, 0.29) is 15.7 Å². The summed E-state index contributed by atoms with van der Waals surface area (Å²) in [5.41, 5.74) is 5.70. The highest BCUT2D eigenvalue weighted by Crippen LogP contribution is 2.38. The molecule has 0 heterocycles. The molecule has 96 valence electrons. The van der Waals surface area contributed by atoms with Crippen molar-refractivity contribution >= 4 is 33.2 Å². The fourth-order valence-corrected chi connectivity index (χ4v) is 2.05. The van der Waals surface area contributed by atoms with Crippen LogP contribution in [-0.2, 0) is 5.92 Å². The lowest BCUT2D eigenvalue weighted by atomic mass is 10.1. The number of nitrogens with two attached hydrogens (primary N) is 1. The fourth-order valence-electron chi connectivity index (χ4n) is 1.27. The highest BCUT2D eigenvalue weighted by molar-refractivity contribution is 9.10. The van der Waals surface area contributed by atoms with E-state index in [4.69, 9.17) is 22.1 Å². The molecule has 1 aromatic rings. The summed E-state index contributed by atoms with van der Waals surface area (Å²) in [6, 6.07) is 2.68. The Labute approximate surface area is 112 Å². The molecule has 17 heavy (non-hydrogen) atoms. The Morgan fingerprint density at radius 1 is 1.47 bits per heavy atom. The number of hydrogen-bond donors (Lipinski definition) is 1. The van der Waals surface area contributed by atoms with Gasteiger partial charge in [-0.25, -0.2) is 8.78 Å². The molecule has 0 aliphatic rings. The summed E-state index contributed by atoms with van der Waals surface area (Å²) in [4.78, 5) is 0. The van der Waals surface area contributed by atoms with Crippen molar-refractivity contribution in [1.82, 2.24) is 0 Å². The number of nitrogen functional groups attached to an aromatic ring is 1. The summed E-state index contributed by atoms with van der Waals surface area (Å²) >= 11 is 8.59. The molecular formula is C11H13BrClF2NO. The number of ether oxygens (including phenoxy) is 1. The Balaban J connectivity index is 2.94. The second kappa shape index (κ2) is 5.87. The molecule has 0 aliphatic heterocycles. The van der Waals surface area contributed by atoms with Crippen LogP contribution in [0.25, 0.3) is 0 Å². The molecule has 0 amide bonds. The van der Waals surface area contributed by atoms with Gasteiger partial charge in [-0.3, -0.25) is 0 Å². The zero-order valence-electron chi connectivity index (χ0n) is 9.27. The van der Waals surface area contributed by atoms with Crippen molar-refractivity contribution in [3.63, 3.8) is 0 Å². The first kappa shape index (κ1) is 14.5. The molecular weight excluding hydrogens is 315 g/mol. The van der Waals surface area contributed by atoms with Crippen molar-refractivity contribution in [3.05, 3.63) is 22.2 Å². The Hall–Kier alpha value is -0.550. The summed E-state index contributed by atoms with van der Waals surface area (Å²) < 4.78 is 32.0. The first-order valence-corrected chi connectivity index (χ1v) is 6.35. The average molecular weight is 329 g/mol. The molecule has 1 aromatic carbocycles. The lowest BCUT2D eigenvalue weighted by Gasteiger charge is -2.16. The molecule has 0 saturated carbocycles. The maximum Gasteiger partial charge on any atom is 0.271 e. The van der Waals surface area contributed by atoms with Crippen LogP contribution >= 0.6 is 27.5 Å². The minimum absolute atomic E-state index is 0.153. The smallest absolute Gasteiger partial charge is 0.271 e. The van der Waals surface area contributed by atoms with E-state index < -0.39 is 5.92 Å². The van der Waals surface area contributed by atoms with Crippen molar-refractivity contribution in [1.29, 1.82) is 0 Å². The third kappa shape index (κ3) is 4.00. The monoisotopic (exact) mass is 327 g/mol. The molecule has 0 unspecified atom stereocenters. The molecule has 6 heteroatoms. The molecule has 0 atom stereocenters. The molecule has 0 saturated heterocycles. The molecule has 2 N–H and O–H groups in total. The van der Waals surface area contributed by atoms with Crippen molar-refractivity contribution in [3.8, 4) is 5.75 Å². The van der Waals surface area contributed by atoms with Gasteiger partial charge >= 0.3 is 0 Å². The molecule has 2 nitrogen and oxygen atoms in total.